The van der Waals surface area contributed by atoms with Crippen molar-refractivity contribution in [2.45, 2.75) is 30.9 Å². The minimum atomic E-state index is -0.272. The third-order valence-corrected chi connectivity index (χ3v) is 5.46. The van der Waals surface area contributed by atoms with Crippen molar-refractivity contribution < 1.29 is 14.3 Å². The molecule has 0 radical (unpaired) electrons. The van der Waals surface area contributed by atoms with Gasteiger partial charge in [-0.3, -0.25) is 0 Å². The number of amides is 2. The van der Waals surface area contributed by atoms with E-state index in [1.165, 1.54) is 39.9 Å². The Morgan fingerprint density at radius 1 is 1.26 bits per heavy atom. The van der Waals surface area contributed by atoms with Crippen LogP contribution in [-0.2, 0) is 0 Å². The Kier molecular flexibility index (Phi) is 7.17. The fraction of sp³-hybridized carbons (Fsp3) is 0.562. The Hall–Kier alpha value is -1.27. The molecular weight excluding hydrogens is 336 g/mol. The molecule has 1 aromatic carbocycles. The second kappa shape index (κ2) is 9.13. The molecule has 7 heteroatoms. The molecule has 23 heavy (non-hydrogen) atoms. The number of hydrogen-bond donors (Lipinski definition) is 2. The number of nitrogens with one attached hydrogen (secondary N) is 2. The lowest BCUT2D eigenvalue weighted by Gasteiger charge is -2.13. The van der Waals surface area contributed by atoms with Gasteiger partial charge in [-0.15, -0.1) is 0 Å². The van der Waals surface area contributed by atoms with Crippen LogP contribution in [0.5, 0.6) is 11.5 Å². The molecule has 2 amide bonds. The first-order valence-corrected chi connectivity index (χ1v) is 9.14. The van der Waals surface area contributed by atoms with Crippen LogP contribution in [-0.4, -0.2) is 37.8 Å². The van der Waals surface area contributed by atoms with Gasteiger partial charge in [0.2, 0.25) is 0 Å². The van der Waals surface area contributed by atoms with Gasteiger partial charge in [0.15, 0.2) is 11.5 Å². The van der Waals surface area contributed by atoms with Crippen LogP contribution in [0.25, 0.3) is 0 Å². The summed E-state index contributed by atoms with van der Waals surface area (Å²) in [6.45, 7) is 0.637. The van der Waals surface area contributed by atoms with E-state index in [0.29, 0.717) is 28.8 Å². The number of carbonyl (C=O) groups excluding carboxylic acids is 1. The smallest absolute Gasteiger partial charge is 0.319 e. The molecule has 0 atom stereocenters. The van der Waals surface area contributed by atoms with Gasteiger partial charge in [0.05, 0.1) is 24.9 Å². The number of ether oxygens (including phenoxy) is 2. The van der Waals surface area contributed by atoms with Gasteiger partial charge in [-0.2, -0.15) is 11.8 Å². The van der Waals surface area contributed by atoms with E-state index < -0.39 is 0 Å². The number of halogens is 1. The first-order valence-electron chi connectivity index (χ1n) is 7.72. The van der Waals surface area contributed by atoms with E-state index in [4.69, 9.17) is 21.1 Å². The fourth-order valence-corrected chi connectivity index (χ4v) is 3.98. The predicted octanol–water partition coefficient (Wildman–Crippen LogP) is 4.15. The van der Waals surface area contributed by atoms with Crippen molar-refractivity contribution >= 4 is 35.1 Å². The SMILES string of the molecule is COc1cc(Cl)c(NC(=O)NCCSC2CCCC2)cc1OC. The van der Waals surface area contributed by atoms with Gasteiger partial charge >= 0.3 is 6.03 Å². The van der Waals surface area contributed by atoms with E-state index in [0.717, 1.165) is 11.0 Å². The summed E-state index contributed by atoms with van der Waals surface area (Å²) in [5, 5.41) is 6.75. The number of carbonyl (C=O) groups is 1. The van der Waals surface area contributed by atoms with E-state index in [1.54, 1.807) is 12.1 Å². The lowest BCUT2D eigenvalue weighted by molar-refractivity contribution is 0.252. The van der Waals surface area contributed by atoms with Crippen LogP contribution >= 0.6 is 23.4 Å². The van der Waals surface area contributed by atoms with Crippen molar-refractivity contribution in [3.8, 4) is 11.5 Å². The average molecular weight is 359 g/mol. The molecule has 0 aliphatic heterocycles. The summed E-state index contributed by atoms with van der Waals surface area (Å²) in [6, 6.07) is 2.99. The lowest BCUT2D eigenvalue weighted by atomic mass is 10.2. The molecule has 0 unspecified atom stereocenters. The fourth-order valence-electron chi connectivity index (χ4n) is 2.56. The Morgan fingerprint density at radius 3 is 2.57 bits per heavy atom. The summed E-state index contributed by atoms with van der Waals surface area (Å²) in [4.78, 5) is 12.0. The number of rotatable bonds is 7. The number of urea groups is 1. The van der Waals surface area contributed by atoms with Crippen molar-refractivity contribution in [3.63, 3.8) is 0 Å². The van der Waals surface area contributed by atoms with Crippen molar-refractivity contribution in [1.82, 2.24) is 5.32 Å². The lowest BCUT2D eigenvalue weighted by Crippen LogP contribution is -2.30. The molecule has 1 aliphatic carbocycles. The Bertz CT molecular complexity index is 536. The summed E-state index contributed by atoms with van der Waals surface area (Å²) in [5.41, 5.74) is 0.491. The summed E-state index contributed by atoms with van der Waals surface area (Å²) in [5.74, 6) is 1.97. The van der Waals surface area contributed by atoms with Gasteiger partial charge < -0.3 is 20.1 Å². The highest BCUT2D eigenvalue weighted by Crippen LogP contribution is 2.36. The largest absolute Gasteiger partial charge is 0.493 e. The highest BCUT2D eigenvalue weighted by Gasteiger charge is 2.15. The molecule has 1 saturated carbocycles. The number of anilines is 1. The maximum Gasteiger partial charge on any atom is 0.319 e. The van der Waals surface area contributed by atoms with Gasteiger partial charge in [-0.1, -0.05) is 24.4 Å². The molecule has 0 spiro atoms. The first-order chi connectivity index (χ1) is 11.1. The molecule has 1 aromatic rings. The van der Waals surface area contributed by atoms with E-state index in [2.05, 4.69) is 10.6 Å². The van der Waals surface area contributed by atoms with E-state index in [1.807, 2.05) is 11.8 Å². The van der Waals surface area contributed by atoms with E-state index in [-0.39, 0.29) is 6.03 Å². The normalized spacial score (nSPS) is 14.6. The molecule has 1 fully saturated rings. The van der Waals surface area contributed by atoms with Gasteiger partial charge in [0.25, 0.3) is 0 Å². The Balaban J connectivity index is 1.80. The minimum absolute atomic E-state index is 0.272. The second-order valence-electron chi connectivity index (χ2n) is 5.35. The zero-order chi connectivity index (χ0) is 16.7. The molecule has 2 rings (SSSR count). The Morgan fingerprint density at radius 2 is 1.91 bits per heavy atom. The summed E-state index contributed by atoms with van der Waals surface area (Å²) in [7, 11) is 3.08. The van der Waals surface area contributed by atoms with Crippen LogP contribution in [0.2, 0.25) is 5.02 Å². The van der Waals surface area contributed by atoms with Crippen molar-refractivity contribution in [2.24, 2.45) is 0 Å². The first kappa shape index (κ1) is 18.1. The zero-order valence-electron chi connectivity index (χ0n) is 13.5. The van der Waals surface area contributed by atoms with Gasteiger partial charge in [0, 0.05) is 29.7 Å². The van der Waals surface area contributed by atoms with Crippen LogP contribution in [0.15, 0.2) is 12.1 Å². The minimum Gasteiger partial charge on any atom is -0.493 e. The molecule has 0 aromatic heterocycles. The number of thioether (sulfide) groups is 1. The summed E-state index contributed by atoms with van der Waals surface area (Å²) >= 11 is 8.09. The second-order valence-corrected chi connectivity index (χ2v) is 7.16. The van der Waals surface area contributed by atoms with Crippen LogP contribution < -0.4 is 20.1 Å². The van der Waals surface area contributed by atoms with Gasteiger partial charge in [-0.05, 0) is 12.8 Å². The Labute approximate surface area is 146 Å². The number of hydrogen-bond acceptors (Lipinski definition) is 4. The average Bonchev–Trinajstić information content (AvgIpc) is 3.06. The molecular formula is C16H23ClN2O3S. The molecule has 0 saturated heterocycles. The predicted molar refractivity (Wildman–Crippen MR) is 96.3 cm³/mol. The third-order valence-electron chi connectivity index (χ3n) is 3.76. The monoisotopic (exact) mass is 358 g/mol. The van der Waals surface area contributed by atoms with Crippen LogP contribution in [0.3, 0.4) is 0 Å². The maximum absolute atomic E-state index is 12.0. The maximum atomic E-state index is 12.0. The molecule has 1 aliphatic rings. The van der Waals surface area contributed by atoms with Crippen LogP contribution in [0.4, 0.5) is 10.5 Å². The molecule has 0 heterocycles. The zero-order valence-corrected chi connectivity index (χ0v) is 15.1. The van der Waals surface area contributed by atoms with Gasteiger partial charge in [-0.25, -0.2) is 4.79 Å². The quantitative estimate of drug-likeness (QED) is 0.719. The van der Waals surface area contributed by atoms with Gasteiger partial charge in [0.1, 0.15) is 0 Å². The van der Waals surface area contributed by atoms with E-state index >= 15 is 0 Å². The number of methoxy groups -OCH3 is 2. The van der Waals surface area contributed by atoms with Crippen LogP contribution in [0.1, 0.15) is 25.7 Å². The van der Waals surface area contributed by atoms with Crippen molar-refractivity contribution in [3.05, 3.63) is 17.2 Å². The number of benzene rings is 1. The highest BCUT2D eigenvalue weighted by atomic mass is 35.5. The van der Waals surface area contributed by atoms with E-state index in [9.17, 15) is 4.79 Å². The molecule has 0 bridgehead atoms. The summed E-state index contributed by atoms with van der Waals surface area (Å²) < 4.78 is 10.4. The van der Waals surface area contributed by atoms with Crippen molar-refractivity contribution in [2.75, 3.05) is 31.8 Å². The summed E-state index contributed by atoms with van der Waals surface area (Å²) in [6.07, 6.45) is 5.28. The highest BCUT2D eigenvalue weighted by molar-refractivity contribution is 7.99. The van der Waals surface area contributed by atoms with Crippen molar-refractivity contribution in [1.29, 1.82) is 0 Å². The molecule has 5 nitrogen and oxygen atoms in total. The third kappa shape index (κ3) is 5.39. The topological polar surface area (TPSA) is 59.6 Å². The standard InChI is InChI=1S/C16H23ClN2O3S/c1-21-14-9-12(17)13(10-15(14)22-2)19-16(20)18-7-8-23-11-5-3-4-6-11/h9-11H,3-8H2,1-2H3,(H2,18,19,20). The molecule has 2 N–H and O–H groups in total. The molecule has 128 valence electrons. The van der Waals surface area contributed by atoms with Crippen LogP contribution in [0, 0.1) is 0 Å².